The predicted octanol–water partition coefficient (Wildman–Crippen LogP) is 1.65. The topological polar surface area (TPSA) is 18.5 Å². The zero-order valence-corrected chi connectivity index (χ0v) is 12.4. The third-order valence-electron chi connectivity index (χ3n) is 4.45. The van der Waals surface area contributed by atoms with Crippen LogP contribution in [0.5, 0.6) is 0 Å². The zero-order valence-electron chi connectivity index (χ0n) is 12.4. The monoisotopic (exact) mass is 241 g/mol. The van der Waals surface area contributed by atoms with Gasteiger partial charge in [0, 0.05) is 12.1 Å². The van der Waals surface area contributed by atoms with Crippen molar-refractivity contribution >= 4 is 0 Å². The highest BCUT2D eigenvalue weighted by molar-refractivity contribution is 4.82. The van der Waals surface area contributed by atoms with Gasteiger partial charge in [-0.15, -0.1) is 0 Å². The molecular weight excluding hydrogens is 210 g/mol. The fraction of sp³-hybridized carbons (Fsp3) is 1.00. The van der Waals surface area contributed by atoms with Crippen LogP contribution in [0.4, 0.5) is 0 Å². The largest absolute Gasteiger partial charge is 0.317 e. The third kappa shape index (κ3) is 4.57. The lowest BCUT2D eigenvalue weighted by Gasteiger charge is -2.40. The van der Waals surface area contributed by atoms with E-state index in [0.29, 0.717) is 6.04 Å². The number of nitrogens with zero attached hydrogens (tertiary/aromatic N) is 2. The van der Waals surface area contributed by atoms with Crippen molar-refractivity contribution in [3.05, 3.63) is 0 Å². The molecule has 2 unspecified atom stereocenters. The van der Waals surface area contributed by atoms with Gasteiger partial charge >= 0.3 is 0 Å². The average molecular weight is 241 g/mol. The van der Waals surface area contributed by atoms with E-state index in [0.717, 1.165) is 25.0 Å². The van der Waals surface area contributed by atoms with Gasteiger partial charge in [-0.3, -0.25) is 0 Å². The van der Waals surface area contributed by atoms with Crippen molar-refractivity contribution in [2.45, 2.75) is 45.7 Å². The SMILES string of the molecule is CCNCC(C)C(C)N(C)C1CCN(C)CC1. The second kappa shape index (κ2) is 7.34. The Hall–Kier alpha value is -0.120. The molecule has 0 bridgehead atoms. The molecule has 0 amide bonds. The number of piperidine rings is 1. The van der Waals surface area contributed by atoms with Crippen LogP contribution in [0, 0.1) is 5.92 Å². The fourth-order valence-corrected chi connectivity index (χ4v) is 2.68. The van der Waals surface area contributed by atoms with Crippen molar-refractivity contribution in [3.63, 3.8) is 0 Å². The molecule has 1 aliphatic rings. The first-order valence-corrected chi connectivity index (χ1v) is 7.17. The van der Waals surface area contributed by atoms with Gasteiger partial charge in [-0.1, -0.05) is 13.8 Å². The van der Waals surface area contributed by atoms with E-state index in [1.807, 2.05) is 0 Å². The summed E-state index contributed by atoms with van der Waals surface area (Å²) < 4.78 is 0. The van der Waals surface area contributed by atoms with Crippen molar-refractivity contribution in [1.82, 2.24) is 15.1 Å². The molecule has 1 heterocycles. The second-order valence-corrected chi connectivity index (χ2v) is 5.73. The first kappa shape index (κ1) is 14.9. The van der Waals surface area contributed by atoms with E-state index >= 15 is 0 Å². The summed E-state index contributed by atoms with van der Waals surface area (Å²) in [4.78, 5) is 5.05. The predicted molar refractivity (Wildman–Crippen MR) is 75.5 cm³/mol. The quantitative estimate of drug-likeness (QED) is 0.763. The molecule has 3 nitrogen and oxygen atoms in total. The lowest BCUT2D eigenvalue weighted by molar-refractivity contribution is 0.0901. The summed E-state index contributed by atoms with van der Waals surface area (Å²) in [5, 5.41) is 3.46. The van der Waals surface area contributed by atoms with Crippen molar-refractivity contribution in [3.8, 4) is 0 Å². The highest BCUT2D eigenvalue weighted by Gasteiger charge is 2.26. The summed E-state index contributed by atoms with van der Waals surface area (Å²) in [6.07, 6.45) is 2.65. The standard InChI is InChI=1S/C14H31N3/c1-6-15-11-12(2)13(3)17(5)14-7-9-16(4)10-8-14/h12-15H,6-11H2,1-5H3. The molecule has 0 aromatic rings. The van der Waals surface area contributed by atoms with Gasteiger partial charge < -0.3 is 15.1 Å². The molecule has 1 N–H and O–H groups in total. The molecule has 0 aromatic heterocycles. The van der Waals surface area contributed by atoms with Crippen LogP contribution in [0.1, 0.15) is 33.6 Å². The fourth-order valence-electron chi connectivity index (χ4n) is 2.68. The number of hydrogen-bond donors (Lipinski definition) is 1. The molecule has 2 atom stereocenters. The molecule has 0 radical (unpaired) electrons. The minimum Gasteiger partial charge on any atom is -0.317 e. The minimum absolute atomic E-state index is 0.669. The van der Waals surface area contributed by atoms with Gasteiger partial charge in [-0.05, 0) is 66.0 Å². The molecule has 0 aromatic carbocycles. The third-order valence-corrected chi connectivity index (χ3v) is 4.45. The van der Waals surface area contributed by atoms with Crippen LogP contribution in [0.2, 0.25) is 0 Å². The number of nitrogens with one attached hydrogen (secondary N) is 1. The van der Waals surface area contributed by atoms with Crippen molar-refractivity contribution in [2.75, 3.05) is 40.3 Å². The molecule has 1 aliphatic heterocycles. The van der Waals surface area contributed by atoms with E-state index in [4.69, 9.17) is 0 Å². The van der Waals surface area contributed by atoms with E-state index in [1.54, 1.807) is 0 Å². The minimum atomic E-state index is 0.669. The molecule has 0 aliphatic carbocycles. The van der Waals surface area contributed by atoms with E-state index in [9.17, 15) is 0 Å². The zero-order chi connectivity index (χ0) is 12.8. The molecule has 1 saturated heterocycles. The molecule has 102 valence electrons. The molecule has 17 heavy (non-hydrogen) atoms. The van der Waals surface area contributed by atoms with E-state index in [1.165, 1.54) is 25.9 Å². The van der Waals surface area contributed by atoms with Gasteiger partial charge in [0.05, 0.1) is 0 Å². The van der Waals surface area contributed by atoms with E-state index in [2.05, 4.69) is 50.0 Å². The van der Waals surface area contributed by atoms with Crippen molar-refractivity contribution in [1.29, 1.82) is 0 Å². The van der Waals surface area contributed by atoms with Gasteiger partial charge in [-0.25, -0.2) is 0 Å². The maximum Gasteiger partial charge on any atom is 0.0119 e. The molecule has 1 rings (SSSR count). The number of rotatable bonds is 6. The maximum absolute atomic E-state index is 3.46. The summed E-state index contributed by atoms with van der Waals surface area (Å²) in [7, 11) is 4.54. The summed E-state index contributed by atoms with van der Waals surface area (Å²) in [6.45, 7) is 11.6. The van der Waals surface area contributed by atoms with Crippen LogP contribution < -0.4 is 5.32 Å². The Morgan fingerprint density at radius 2 is 1.88 bits per heavy atom. The van der Waals surface area contributed by atoms with Gasteiger partial charge in [-0.2, -0.15) is 0 Å². The summed E-state index contributed by atoms with van der Waals surface area (Å²) in [6, 6.07) is 1.45. The number of hydrogen-bond acceptors (Lipinski definition) is 3. The molecule has 1 fully saturated rings. The smallest absolute Gasteiger partial charge is 0.0119 e. The van der Waals surface area contributed by atoms with Gasteiger partial charge in [0.2, 0.25) is 0 Å². The molecule has 0 spiro atoms. The summed E-state index contributed by atoms with van der Waals surface area (Å²) in [5.41, 5.74) is 0. The van der Waals surface area contributed by atoms with Crippen LogP contribution in [-0.2, 0) is 0 Å². The highest BCUT2D eigenvalue weighted by atomic mass is 15.2. The maximum atomic E-state index is 3.46. The number of likely N-dealkylation sites (tertiary alicyclic amines) is 1. The molecular formula is C14H31N3. The van der Waals surface area contributed by atoms with Crippen LogP contribution in [-0.4, -0.2) is 62.2 Å². The van der Waals surface area contributed by atoms with Crippen LogP contribution in [0.25, 0.3) is 0 Å². The highest BCUT2D eigenvalue weighted by Crippen LogP contribution is 2.19. The summed E-state index contributed by atoms with van der Waals surface area (Å²) >= 11 is 0. The Morgan fingerprint density at radius 1 is 1.29 bits per heavy atom. The van der Waals surface area contributed by atoms with Crippen LogP contribution in [0.3, 0.4) is 0 Å². The molecule has 0 saturated carbocycles. The Labute approximate surface area is 108 Å². The van der Waals surface area contributed by atoms with Gasteiger partial charge in [0.25, 0.3) is 0 Å². The van der Waals surface area contributed by atoms with E-state index in [-0.39, 0.29) is 0 Å². The lowest BCUT2D eigenvalue weighted by atomic mass is 9.97. The molecule has 3 heteroatoms. The van der Waals surface area contributed by atoms with Crippen LogP contribution >= 0.6 is 0 Å². The Kier molecular flexibility index (Phi) is 6.45. The van der Waals surface area contributed by atoms with E-state index < -0.39 is 0 Å². The first-order chi connectivity index (χ1) is 8.06. The Balaban J connectivity index is 2.37. The second-order valence-electron chi connectivity index (χ2n) is 5.73. The summed E-state index contributed by atoms with van der Waals surface area (Å²) in [5.74, 6) is 0.722. The van der Waals surface area contributed by atoms with Crippen molar-refractivity contribution < 1.29 is 0 Å². The normalized spacial score (nSPS) is 22.9. The first-order valence-electron chi connectivity index (χ1n) is 7.17. The van der Waals surface area contributed by atoms with Crippen molar-refractivity contribution in [2.24, 2.45) is 5.92 Å². The average Bonchev–Trinajstić information content (AvgIpc) is 2.35. The van der Waals surface area contributed by atoms with Gasteiger partial charge in [0.1, 0.15) is 0 Å². The Morgan fingerprint density at radius 3 is 2.41 bits per heavy atom. The lowest BCUT2D eigenvalue weighted by Crippen LogP contribution is -2.48. The van der Waals surface area contributed by atoms with Gasteiger partial charge in [0.15, 0.2) is 0 Å². The van der Waals surface area contributed by atoms with Crippen LogP contribution in [0.15, 0.2) is 0 Å². The Bertz CT molecular complexity index is 200.